The SMILES string of the molecule is CN1CCN(C)C(CNC(=O)NCC2CC23CCc2ccccc23)C1. The minimum absolute atomic E-state index is 0.0186. The molecule has 1 aliphatic heterocycles. The standard InChI is InChI=1S/C20H30N4O/c1-23-9-10-24(2)17(14-23)13-22-19(25)21-12-16-11-20(16)8-7-15-5-3-4-6-18(15)20/h3-6,16-17H,7-14H2,1-2H3,(H2,21,22,25). The zero-order chi connectivity index (χ0) is 17.4. The summed E-state index contributed by atoms with van der Waals surface area (Å²) in [6, 6.07) is 9.22. The van der Waals surface area contributed by atoms with Crippen molar-refractivity contribution in [3.05, 3.63) is 35.4 Å². The van der Waals surface area contributed by atoms with Crippen LogP contribution in [0.15, 0.2) is 24.3 Å². The predicted octanol–water partition coefficient (Wildman–Crippen LogP) is 1.44. The average molecular weight is 342 g/mol. The zero-order valence-electron chi connectivity index (χ0n) is 15.4. The summed E-state index contributed by atoms with van der Waals surface area (Å²) in [6.07, 6.45) is 3.67. The largest absolute Gasteiger partial charge is 0.338 e. The number of hydrogen-bond donors (Lipinski definition) is 2. The van der Waals surface area contributed by atoms with Gasteiger partial charge in [-0.15, -0.1) is 0 Å². The maximum absolute atomic E-state index is 12.2. The predicted molar refractivity (Wildman–Crippen MR) is 99.9 cm³/mol. The van der Waals surface area contributed by atoms with E-state index in [1.165, 1.54) is 30.4 Å². The summed E-state index contributed by atoms with van der Waals surface area (Å²) in [5.74, 6) is 0.602. The second-order valence-electron chi connectivity index (χ2n) is 8.20. The van der Waals surface area contributed by atoms with Crippen molar-refractivity contribution in [2.75, 3.05) is 46.8 Å². The van der Waals surface area contributed by atoms with Gasteiger partial charge >= 0.3 is 6.03 Å². The third kappa shape index (κ3) is 3.27. The van der Waals surface area contributed by atoms with E-state index in [0.29, 0.717) is 23.9 Å². The molecule has 25 heavy (non-hydrogen) atoms. The van der Waals surface area contributed by atoms with E-state index >= 15 is 0 Å². The minimum atomic E-state index is -0.0186. The van der Waals surface area contributed by atoms with Crippen molar-refractivity contribution in [2.45, 2.75) is 30.7 Å². The summed E-state index contributed by atoms with van der Waals surface area (Å²) in [7, 11) is 4.29. The maximum Gasteiger partial charge on any atom is 0.314 e. The van der Waals surface area contributed by atoms with Crippen molar-refractivity contribution < 1.29 is 4.79 Å². The monoisotopic (exact) mass is 342 g/mol. The number of benzene rings is 1. The summed E-state index contributed by atoms with van der Waals surface area (Å²) in [6.45, 7) is 4.68. The fraction of sp³-hybridized carbons (Fsp3) is 0.650. The smallest absolute Gasteiger partial charge is 0.314 e. The topological polar surface area (TPSA) is 47.6 Å². The molecule has 0 radical (unpaired) electrons. The molecule has 0 bridgehead atoms. The maximum atomic E-state index is 12.2. The second-order valence-corrected chi connectivity index (χ2v) is 8.20. The lowest BCUT2D eigenvalue weighted by Crippen LogP contribution is -2.55. The number of amides is 2. The van der Waals surface area contributed by atoms with Crippen LogP contribution in [0.1, 0.15) is 24.0 Å². The first kappa shape index (κ1) is 16.9. The Labute approximate surface area is 150 Å². The van der Waals surface area contributed by atoms with E-state index in [1.807, 2.05) is 0 Å². The number of carbonyl (C=O) groups is 1. The van der Waals surface area contributed by atoms with E-state index in [-0.39, 0.29) is 6.03 Å². The van der Waals surface area contributed by atoms with Crippen molar-refractivity contribution >= 4 is 6.03 Å². The summed E-state index contributed by atoms with van der Waals surface area (Å²) in [5, 5.41) is 6.18. The van der Waals surface area contributed by atoms with Crippen molar-refractivity contribution in [1.82, 2.24) is 20.4 Å². The van der Waals surface area contributed by atoms with Crippen LogP contribution in [0.4, 0.5) is 4.79 Å². The summed E-state index contributed by atoms with van der Waals surface area (Å²) in [5.41, 5.74) is 3.41. The van der Waals surface area contributed by atoms with Crippen LogP contribution >= 0.6 is 0 Å². The second kappa shape index (κ2) is 6.61. The molecule has 1 heterocycles. The van der Waals surface area contributed by atoms with Crippen LogP contribution in [-0.4, -0.2) is 68.7 Å². The molecule has 5 nitrogen and oxygen atoms in total. The molecule has 2 amide bonds. The van der Waals surface area contributed by atoms with Crippen LogP contribution in [0.25, 0.3) is 0 Å². The highest BCUT2D eigenvalue weighted by atomic mass is 16.2. The van der Waals surface area contributed by atoms with Gasteiger partial charge in [0.25, 0.3) is 0 Å². The Morgan fingerprint density at radius 3 is 2.88 bits per heavy atom. The van der Waals surface area contributed by atoms with Gasteiger partial charge in [0.05, 0.1) is 0 Å². The zero-order valence-corrected chi connectivity index (χ0v) is 15.4. The molecule has 0 aromatic heterocycles. The number of carbonyl (C=O) groups excluding carboxylic acids is 1. The number of urea groups is 1. The molecule has 5 heteroatoms. The highest BCUT2D eigenvalue weighted by molar-refractivity contribution is 5.74. The number of piperazine rings is 1. The molecule has 3 aliphatic rings. The van der Waals surface area contributed by atoms with Crippen molar-refractivity contribution in [1.29, 1.82) is 0 Å². The van der Waals surface area contributed by atoms with Gasteiger partial charge in [-0.1, -0.05) is 24.3 Å². The quantitative estimate of drug-likeness (QED) is 0.870. The van der Waals surface area contributed by atoms with Crippen LogP contribution in [-0.2, 0) is 11.8 Å². The van der Waals surface area contributed by atoms with E-state index in [9.17, 15) is 4.79 Å². The molecule has 1 saturated carbocycles. The molecule has 2 fully saturated rings. The molecular weight excluding hydrogens is 312 g/mol. The molecular formula is C20H30N4O. The Morgan fingerprint density at radius 2 is 2.00 bits per heavy atom. The minimum Gasteiger partial charge on any atom is -0.338 e. The van der Waals surface area contributed by atoms with Gasteiger partial charge in [-0.05, 0) is 50.4 Å². The lowest BCUT2D eigenvalue weighted by molar-refractivity contribution is 0.114. The van der Waals surface area contributed by atoms with Gasteiger partial charge in [0.15, 0.2) is 0 Å². The Bertz CT molecular complexity index is 648. The lowest BCUT2D eigenvalue weighted by atomic mass is 9.95. The van der Waals surface area contributed by atoms with Crippen LogP contribution in [0.3, 0.4) is 0 Å². The summed E-state index contributed by atoms with van der Waals surface area (Å²) in [4.78, 5) is 16.9. The molecule has 3 atom stereocenters. The fourth-order valence-corrected chi connectivity index (χ4v) is 4.81. The summed E-state index contributed by atoms with van der Waals surface area (Å²) < 4.78 is 0. The summed E-state index contributed by atoms with van der Waals surface area (Å²) >= 11 is 0. The van der Waals surface area contributed by atoms with Crippen molar-refractivity contribution in [3.8, 4) is 0 Å². The molecule has 1 aromatic carbocycles. The Kier molecular flexibility index (Phi) is 4.46. The average Bonchev–Trinajstić information content (AvgIpc) is 3.20. The molecule has 1 aromatic rings. The van der Waals surface area contributed by atoms with Gasteiger partial charge in [0.1, 0.15) is 0 Å². The molecule has 1 spiro atoms. The van der Waals surface area contributed by atoms with Crippen LogP contribution in [0, 0.1) is 5.92 Å². The number of likely N-dealkylation sites (N-methyl/N-ethyl adjacent to an activating group) is 2. The number of nitrogens with one attached hydrogen (secondary N) is 2. The molecule has 4 rings (SSSR count). The first-order valence-corrected chi connectivity index (χ1v) is 9.57. The normalized spacial score (nSPS) is 31.8. The number of nitrogens with zero attached hydrogens (tertiary/aromatic N) is 2. The van der Waals surface area contributed by atoms with Gasteiger partial charge in [0, 0.05) is 44.2 Å². The first-order valence-electron chi connectivity index (χ1n) is 9.57. The molecule has 2 aliphatic carbocycles. The van der Waals surface area contributed by atoms with Gasteiger partial charge in [-0.25, -0.2) is 4.79 Å². The number of rotatable bonds is 4. The number of hydrogen-bond acceptors (Lipinski definition) is 3. The molecule has 136 valence electrons. The van der Waals surface area contributed by atoms with E-state index in [4.69, 9.17) is 0 Å². The lowest BCUT2D eigenvalue weighted by Gasteiger charge is -2.37. The molecule has 1 saturated heterocycles. The van der Waals surface area contributed by atoms with Gasteiger partial charge in [0.2, 0.25) is 0 Å². The third-order valence-electron chi connectivity index (χ3n) is 6.61. The van der Waals surface area contributed by atoms with Crippen LogP contribution < -0.4 is 10.6 Å². The van der Waals surface area contributed by atoms with Crippen LogP contribution in [0.5, 0.6) is 0 Å². The number of aryl methyl sites for hydroxylation is 1. The Balaban J connectivity index is 1.23. The third-order valence-corrected chi connectivity index (χ3v) is 6.61. The van der Waals surface area contributed by atoms with Gasteiger partial charge in [-0.3, -0.25) is 4.90 Å². The number of fused-ring (bicyclic) bond motifs is 2. The van der Waals surface area contributed by atoms with Crippen LogP contribution in [0.2, 0.25) is 0 Å². The van der Waals surface area contributed by atoms with Crippen molar-refractivity contribution in [2.24, 2.45) is 5.92 Å². The Morgan fingerprint density at radius 1 is 1.20 bits per heavy atom. The Hall–Kier alpha value is -1.59. The van der Waals surface area contributed by atoms with E-state index < -0.39 is 0 Å². The first-order chi connectivity index (χ1) is 12.1. The van der Waals surface area contributed by atoms with Gasteiger partial charge in [-0.2, -0.15) is 0 Å². The van der Waals surface area contributed by atoms with E-state index in [0.717, 1.165) is 26.2 Å². The molecule has 2 N–H and O–H groups in total. The van der Waals surface area contributed by atoms with E-state index in [1.54, 1.807) is 0 Å². The van der Waals surface area contributed by atoms with E-state index in [2.05, 4.69) is 58.8 Å². The highest BCUT2D eigenvalue weighted by Gasteiger charge is 2.57. The highest BCUT2D eigenvalue weighted by Crippen LogP contribution is 2.61. The fourth-order valence-electron chi connectivity index (χ4n) is 4.81. The van der Waals surface area contributed by atoms with Gasteiger partial charge < -0.3 is 15.5 Å². The molecule has 3 unspecified atom stereocenters. The van der Waals surface area contributed by atoms with Crippen molar-refractivity contribution in [3.63, 3.8) is 0 Å².